The number of hydrogen-bond donors (Lipinski definition) is 1. The van der Waals surface area contributed by atoms with E-state index in [0.717, 1.165) is 17.8 Å². The van der Waals surface area contributed by atoms with Crippen LogP contribution in [-0.2, 0) is 6.54 Å². The van der Waals surface area contributed by atoms with Gasteiger partial charge in [0.15, 0.2) is 0 Å². The van der Waals surface area contributed by atoms with Crippen LogP contribution in [0.15, 0.2) is 36.8 Å². The Morgan fingerprint density at radius 3 is 2.70 bits per heavy atom. The van der Waals surface area contributed by atoms with Crippen LogP contribution in [0.25, 0.3) is 0 Å². The smallest absolute Gasteiger partial charge is 0.339 e. The van der Waals surface area contributed by atoms with Crippen molar-refractivity contribution in [1.82, 2.24) is 9.97 Å². The lowest BCUT2D eigenvalue weighted by Crippen LogP contribution is -2.25. The van der Waals surface area contributed by atoms with Gasteiger partial charge in [0.1, 0.15) is 17.2 Å². The minimum Gasteiger partial charge on any atom is -0.478 e. The summed E-state index contributed by atoms with van der Waals surface area (Å²) in [5, 5.41) is 9.16. The number of rotatable bonds is 5. The average molecular weight is 275 g/mol. The molecule has 2 aromatic heterocycles. The SMILES string of the molecule is CCN(Cc1ccncc1)c1ncc(F)cc1C(=O)O. The number of carbonyl (C=O) groups is 1. The summed E-state index contributed by atoms with van der Waals surface area (Å²) in [5.74, 6) is -1.59. The summed E-state index contributed by atoms with van der Waals surface area (Å²) in [7, 11) is 0. The third-order valence-corrected chi connectivity index (χ3v) is 2.87. The molecular formula is C14H14FN3O2. The quantitative estimate of drug-likeness (QED) is 0.907. The first-order chi connectivity index (χ1) is 9.61. The highest BCUT2D eigenvalue weighted by Gasteiger charge is 2.18. The number of halogens is 1. The zero-order valence-electron chi connectivity index (χ0n) is 11.0. The highest BCUT2D eigenvalue weighted by molar-refractivity contribution is 5.93. The van der Waals surface area contributed by atoms with Crippen LogP contribution in [0.3, 0.4) is 0 Å². The van der Waals surface area contributed by atoms with Gasteiger partial charge in [-0.3, -0.25) is 4.98 Å². The first-order valence-electron chi connectivity index (χ1n) is 6.14. The molecule has 0 unspecified atom stereocenters. The number of nitrogens with zero attached hydrogens (tertiary/aromatic N) is 3. The zero-order chi connectivity index (χ0) is 14.5. The van der Waals surface area contributed by atoms with Crippen molar-refractivity contribution in [3.05, 3.63) is 53.7 Å². The molecule has 0 amide bonds. The van der Waals surface area contributed by atoms with Crippen molar-refractivity contribution in [2.24, 2.45) is 0 Å². The largest absolute Gasteiger partial charge is 0.478 e. The molecule has 2 heterocycles. The van der Waals surface area contributed by atoms with Gasteiger partial charge in [0.2, 0.25) is 0 Å². The van der Waals surface area contributed by atoms with Crippen molar-refractivity contribution in [3.63, 3.8) is 0 Å². The van der Waals surface area contributed by atoms with Gasteiger partial charge in [-0.1, -0.05) is 0 Å². The molecule has 0 bridgehead atoms. The fourth-order valence-corrected chi connectivity index (χ4v) is 1.89. The third kappa shape index (κ3) is 3.09. The lowest BCUT2D eigenvalue weighted by Gasteiger charge is -2.23. The van der Waals surface area contributed by atoms with Crippen molar-refractivity contribution in [2.45, 2.75) is 13.5 Å². The number of carboxylic acids is 1. The van der Waals surface area contributed by atoms with Gasteiger partial charge in [-0.15, -0.1) is 0 Å². The second kappa shape index (κ2) is 6.10. The van der Waals surface area contributed by atoms with Crippen molar-refractivity contribution >= 4 is 11.8 Å². The number of aromatic carboxylic acids is 1. The summed E-state index contributed by atoms with van der Waals surface area (Å²) >= 11 is 0. The molecule has 0 saturated carbocycles. The number of carboxylic acid groups (broad SMARTS) is 1. The Kier molecular flexibility index (Phi) is 4.24. The third-order valence-electron chi connectivity index (χ3n) is 2.87. The van der Waals surface area contributed by atoms with Gasteiger partial charge in [-0.25, -0.2) is 14.2 Å². The second-order valence-corrected chi connectivity index (χ2v) is 4.20. The molecule has 104 valence electrons. The molecule has 0 atom stereocenters. The van der Waals surface area contributed by atoms with Crippen molar-refractivity contribution in [2.75, 3.05) is 11.4 Å². The second-order valence-electron chi connectivity index (χ2n) is 4.20. The van der Waals surface area contributed by atoms with E-state index in [0.29, 0.717) is 13.1 Å². The highest BCUT2D eigenvalue weighted by Crippen LogP contribution is 2.20. The fraction of sp³-hybridized carbons (Fsp3) is 0.214. The Morgan fingerprint density at radius 1 is 1.40 bits per heavy atom. The summed E-state index contributed by atoms with van der Waals surface area (Å²) in [6.45, 7) is 2.93. The molecule has 0 fully saturated rings. The number of anilines is 1. The molecule has 6 heteroatoms. The first kappa shape index (κ1) is 13.9. The number of pyridine rings is 2. The molecule has 1 N–H and O–H groups in total. The van der Waals surface area contributed by atoms with Gasteiger partial charge in [0.05, 0.1) is 6.20 Å². The standard InChI is InChI=1S/C14H14FN3O2/c1-2-18(9-10-3-5-16-6-4-10)13-12(14(19)20)7-11(15)8-17-13/h3-8H,2,9H2,1H3,(H,19,20). The van der Waals surface area contributed by atoms with Crippen molar-refractivity contribution in [1.29, 1.82) is 0 Å². The molecule has 0 aromatic carbocycles. The fourth-order valence-electron chi connectivity index (χ4n) is 1.89. The van der Waals surface area contributed by atoms with Gasteiger partial charge < -0.3 is 10.0 Å². The molecule has 0 spiro atoms. The molecule has 5 nitrogen and oxygen atoms in total. The molecule has 0 saturated heterocycles. The molecule has 0 aliphatic heterocycles. The van der Waals surface area contributed by atoms with Gasteiger partial charge in [-0.05, 0) is 30.7 Å². The lowest BCUT2D eigenvalue weighted by atomic mass is 10.2. The van der Waals surface area contributed by atoms with Gasteiger partial charge in [-0.2, -0.15) is 0 Å². The molecule has 0 radical (unpaired) electrons. The van der Waals surface area contributed by atoms with Crippen LogP contribution < -0.4 is 4.90 Å². The van der Waals surface area contributed by atoms with E-state index in [1.165, 1.54) is 0 Å². The predicted molar refractivity (Wildman–Crippen MR) is 72.1 cm³/mol. The van der Waals surface area contributed by atoms with Crippen LogP contribution in [0.1, 0.15) is 22.8 Å². The first-order valence-corrected chi connectivity index (χ1v) is 6.14. The Morgan fingerprint density at radius 2 is 2.10 bits per heavy atom. The van der Waals surface area contributed by atoms with E-state index >= 15 is 0 Å². The zero-order valence-corrected chi connectivity index (χ0v) is 11.0. The molecule has 2 aromatic rings. The summed E-state index contributed by atoms with van der Waals surface area (Å²) < 4.78 is 13.1. The van der Waals surface area contributed by atoms with E-state index in [1.54, 1.807) is 17.3 Å². The van der Waals surface area contributed by atoms with E-state index in [9.17, 15) is 9.18 Å². The maximum atomic E-state index is 13.1. The van der Waals surface area contributed by atoms with Gasteiger partial charge in [0, 0.05) is 25.5 Å². The summed E-state index contributed by atoms with van der Waals surface area (Å²) in [6, 6.07) is 4.67. The van der Waals surface area contributed by atoms with E-state index < -0.39 is 11.8 Å². The Bertz CT molecular complexity index is 605. The lowest BCUT2D eigenvalue weighted by molar-refractivity contribution is 0.0696. The van der Waals surface area contributed by atoms with E-state index in [2.05, 4.69) is 9.97 Å². The van der Waals surface area contributed by atoms with Crippen LogP contribution in [-0.4, -0.2) is 27.6 Å². The molecule has 0 aliphatic carbocycles. The van der Waals surface area contributed by atoms with Crippen molar-refractivity contribution < 1.29 is 14.3 Å². The van der Waals surface area contributed by atoms with Crippen LogP contribution in [0, 0.1) is 5.82 Å². The number of hydrogen-bond acceptors (Lipinski definition) is 4. The normalized spacial score (nSPS) is 10.3. The highest BCUT2D eigenvalue weighted by atomic mass is 19.1. The number of aromatic nitrogens is 2. The summed E-state index contributed by atoms with van der Waals surface area (Å²) in [4.78, 5) is 20.8. The minimum atomic E-state index is -1.19. The molecule has 20 heavy (non-hydrogen) atoms. The monoisotopic (exact) mass is 275 g/mol. The minimum absolute atomic E-state index is 0.138. The van der Waals surface area contributed by atoms with Crippen LogP contribution in [0.5, 0.6) is 0 Å². The Balaban J connectivity index is 2.34. The van der Waals surface area contributed by atoms with Gasteiger partial charge in [0.25, 0.3) is 0 Å². The van der Waals surface area contributed by atoms with E-state index in [1.807, 2.05) is 19.1 Å². The molecule has 2 rings (SSSR count). The average Bonchev–Trinajstić information content (AvgIpc) is 2.46. The molecule has 0 aliphatic rings. The van der Waals surface area contributed by atoms with E-state index in [-0.39, 0.29) is 11.4 Å². The van der Waals surface area contributed by atoms with E-state index in [4.69, 9.17) is 5.11 Å². The van der Waals surface area contributed by atoms with Crippen LogP contribution in [0.4, 0.5) is 10.2 Å². The predicted octanol–water partition coefficient (Wildman–Crippen LogP) is 2.34. The van der Waals surface area contributed by atoms with Crippen LogP contribution in [0.2, 0.25) is 0 Å². The maximum absolute atomic E-state index is 13.1. The Labute approximate surface area is 115 Å². The summed E-state index contributed by atoms with van der Waals surface area (Å²) in [6.07, 6.45) is 4.36. The molecular weight excluding hydrogens is 261 g/mol. The summed E-state index contributed by atoms with van der Waals surface area (Å²) in [5.41, 5.74) is 0.838. The topological polar surface area (TPSA) is 66.3 Å². The van der Waals surface area contributed by atoms with Crippen molar-refractivity contribution in [3.8, 4) is 0 Å². The van der Waals surface area contributed by atoms with Gasteiger partial charge >= 0.3 is 5.97 Å². The van der Waals surface area contributed by atoms with Crippen LogP contribution >= 0.6 is 0 Å². The maximum Gasteiger partial charge on any atom is 0.339 e. The Hall–Kier alpha value is -2.50.